The van der Waals surface area contributed by atoms with Crippen molar-refractivity contribution in [2.75, 3.05) is 19.6 Å². The van der Waals surface area contributed by atoms with Gasteiger partial charge in [-0.2, -0.15) is 0 Å². The molecule has 3 aromatic carbocycles. The monoisotopic (exact) mass is 1030 g/mol. The summed E-state index contributed by atoms with van der Waals surface area (Å²) in [5, 5.41) is 17.3. The van der Waals surface area contributed by atoms with Gasteiger partial charge in [0.2, 0.25) is 11.8 Å². The molecule has 75 heavy (non-hydrogen) atoms. The predicted octanol–water partition coefficient (Wildman–Crippen LogP) is 13.1. The van der Waals surface area contributed by atoms with E-state index in [1.54, 1.807) is 48.5 Å². The van der Waals surface area contributed by atoms with E-state index in [0.717, 1.165) is 37.9 Å². The molecule has 3 fully saturated rings. The smallest absolute Gasteiger partial charge is 0.265 e. The number of amides is 4. The van der Waals surface area contributed by atoms with Crippen LogP contribution in [0.1, 0.15) is 231 Å². The molecule has 13 nitrogen and oxygen atoms in total. The van der Waals surface area contributed by atoms with Crippen LogP contribution in [-0.4, -0.2) is 59.2 Å². The van der Waals surface area contributed by atoms with Crippen LogP contribution in [0, 0.1) is 39.4 Å². The van der Waals surface area contributed by atoms with E-state index in [9.17, 15) is 24.0 Å². The molecule has 1 heterocycles. The van der Waals surface area contributed by atoms with E-state index in [1.165, 1.54) is 84.0 Å². The molecule has 3 aliphatic carbocycles. The van der Waals surface area contributed by atoms with Gasteiger partial charge in [-0.05, 0) is 158 Å². The van der Waals surface area contributed by atoms with Crippen molar-refractivity contribution in [2.45, 2.75) is 179 Å². The van der Waals surface area contributed by atoms with Crippen molar-refractivity contribution < 1.29 is 28.4 Å². The Labute approximate surface area is 449 Å². The van der Waals surface area contributed by atoms with Gasteiger partial charge in [-0.3, -0.25) is 29.4 Å². The Balaban J connectivity index is 0.000000229. The molecule has 6 N–H and O–H groups in total. The molecule has 0 radical (unpaired) electrons. The third-order valence-corrected chi connectivity index (χ3v) is 15.9. The standard InChI is InChI=1S/C21H29N3O2.C17H23NO2.C16H23N3O2.C8H18/c1-4-5-8-18-23-24-20(26-18)16-11-9-15(10-12-16)19(25)22-14-17-7-6-13-21(17,2)3;1-12(19)13-6-8-14(9-7-13)16(20)18-11-15-5-4-10-17(15,2)3;1-16(2)9-3-4-13(16)10-18-14(20)11-5-7-12(8-6-11)15(21)19-17;1-5-6-7-8(2,3)4/h9-12,17H,4-8,13-14H2,1-3H3,(H,22,25);6-9,15H,4-5,10-11H2,1-3H3,(H,18,20);5-8,13H,3-4,9-10,17H2,1-2H3,(H,18,20)(H,19,21);5-7H2,1-4H3. The highest BCUT2D eigenvalue weighted by Gasteiger charge is 2.36. The van der Waals surface area contributed by atoms with Crippen molar-refractivity contribution in [2.24, 2.45) is 45.3 Å². The maximum atomic E-state index is 12.4. The molecule has 4 amide bonds. The molecule has 0 bridgehead atoms. The molecule has 1 aromatic heterocycles. The Morgan fingerprint density at radius 2 is 0.920 bits per heavy atom. The molecule has 0 saturated heterocycles. The van der Waals surface area contributed by atoms with Crippen LogP contribution >= 0.6 is 0 Å². The molecule has 3 unspecified atom stereocenters. The third kappa shape index (κ3) is 20.1. The summed E-state index contributed by atoms with van der Waals surface area (Å²) in [6, 6.07) is 20.7. The van der Waals surface area contributed by atoms with Crippen LogP contribution in [0.2, 0.25) is 0 Å². The number of carbonyl (C=O) groups excluding carboxylic acids is 5. The maximum absolute atomic E-state index is 12.4. The summed E-state index contributed by atoms with van der Waals surface area (Å²) in [4.78, 5) is 59.2. The Bertz CT molecular complexity index is 2420. The minimum absolute atomic E-state index is 0.0182. The number of nitrogens with zero attached hydrogens (tertiary/aromatic N) is 2. The molecule has 0 spiro atoms. The number of hydrazine groups is 1. The number of hydrogen-bond acceptors (Lipinski definition) is 9. The molecule has 3 aliphatic rings. The van der Waals surface area contributed by atoms with Gasteiger partial charge in [0.15, 0.2) is 5.78 Å². The number of ketones is 1. The third-order valence-electron chi connectivity index (χ3n) is 15.9. The van der Waals surface area contributed by atoms with E-state index in [2.05, 4.69) is 108 Å². The maximum Gasteiger partial charge on any atom is 0.265 e. The zero-order valence-corrected chi connectivity index (χ0v) is 47.8. The first-order chi connectivity index (χ1) is 35.4. The molecular formula is C62H93N7O6. The fourth-order valence-electron chi connectivity index (χ4n) is 10.3. The van der Waals surface area contributed by atoms with Gasteiger partial charge in [-0.25, -0.2) is 5.84 Å². The van der Waals surface area contributed by atoms with Gasteiger partial charge in [0.25, 0.3) is 23.6 Å². The second-order valence-electron chi connectivity index (χ2n) is 24.4. The van der Waals surface area contributed by atoms with Gasteiger partial charge in [0.05, 0.1) is 0 Å². The van der Waals surface area contributed by atoms with E-state index in [4.69, 9.17) is 10.3 Å². The summed E-state index contributed by atoms with van der Waals surface area (Å²) in [7, 11) is 0. The molecule has 4 aromatic rings. The van der Waals surface area contributed by atoms with Crippen molar-refractivity contribution in [1.29, 1.82) is 0 Å². The van der Waals surface area contributed by atoms with Crippen LogP contribution in [-0.2, 0) is 6.42 Å². The number of nitrogens with two attached hydrogens (primary N) is 1. The second-order valence-corrected chi connectivity index (χ2v) is 24.4. The molecule has 412 valence electrons. The molecular weight excluding hydrogens is 939 g/mol. The number of carbonyl (C=O) groups is 5. The van der Waals surface area contributed by atoms with Crippen LogP contribution in [0.25, 0.3) is 11.5 Å². The number of unbranched alkanes of at least 4 members (excludes halogenated alkanes) is 2. The van der Waals surface area contributed by atoms with Crippen molar-refractivity contribution in [3.63, 3.8) is 0 Å². The van der Waals surface area contributed by atoms with Gasteiger partial charge in [-0.1, -0.05) is 127 Å². The predicted molar refractivity (Wildman–Crippen MR) is 302 cm³/mol. The van der Waals surface area contributed by atoms with Crippen LogP contribution in [0.3, 0.4) is 0 Å². The summed E-state index contributed by atoms with van der Waals surface area (Å²) < 4.78 is 5.69. The van der Waals surface area contributed by atoms with Gasteiger partial charge in [-0.15, -0.1) is 10.2 Å². The highest BCUT2D eigenvalue weighted by Crippen LogP contribution is 2.44. The Morgan fingerprint density at radius 1 is 0.560 bits per heavy atom. The lowest BCUT2D eigenvalue weighted by atomic mass is 9.82. The van der Waals surface area contributed by atoms with Gasteiger partial charge < -0.3 is 20.4 Å². The van der Waals surface area contributed by atoms with Crippen LogP contribution in [0.5, 0.6) is 0 Å². The molecule has 3 atom stereocenters. The van der Waals surface area contributed by atoms with Crippen molar-refractivity contribution in [3.8, 4) is 11.5 Å². The number of aryl methyl sites for hydroxylation is 1. The minimum Gasteiger partial charge on any atom is -0.421 e. The fraction of sp³-hybridized carbons (Fsp3) is 0.597. The number of rotatable bonds is 17. The topological polar surface area (TPSA) is 198 Å². The zero-order chi connectivity index (χ0) is 55.4. The first kappa shape index (κ1) is 61.9. The Hall–Kier alpha value is -5.69. The molecule has 0 aliphatic heterocycles. The van der Waals surface area contributed by atoms with E-state index < -0.39 is 0 Å². The summed E-state index contributed by atoms with van der Waals surface area (Å²) in [6.45, 7) is 28.6. The first-order valence-corrected chi connectivity index (χ1v) is 27.9. The normalized spacial score (nSPS) is 18.9. The highest BCUT2D eigenvalue weighted by atomic mass is 16.4. The minimum atomic E-state index is -0.366. The van der Waals surface area contributed by atoms with Crippen LogP contribution < -0.4 is 27.2 Å². The SMILES string of the molecule is CC(=O)c1ccc(C(=O)NCC2CCCC2(C)C)cc1.CC1(C)CCCC1CNC(=O)c1ccc(C(=O)NN)cc1.CCCCC(C)(C)C.CCCCc1nnc(-c2ccc(C(=O)NCC3CCCC3(C)C)cc2)o1. The number of benzene rings is 3. The highest BCUT2D eigenvalue weighted by molar-refractivity contribution is 5.98. The molecule has 3 saturated carbocycles. The second kappa shape index (κ2) is 29.0. The summed E-state index contributed by atoms with van der Waals surface area (Å²) in [5.74, 6) is 7.38. The lowest BCUT2D eigenvalue weighted by Gasteiger charge is -2.27. The van der Waals surface area contributed by atoms with E-state index in [-0.39, 0.29) is 29.4 Å². The number of nitrogens with one attached hydrogen (secondary N) is 4. The Kier molecular flexibility index (Phi) is 23.9. The number of aromatic nitrogens is 2. The number of Topliss-reactive ketones (excluding diaryl/α,β-unsaturated/α-hetero) is 1. The summed E-state index contributed by atoms with van der Waals surface area (Å²) >= 11 is 0. The van der Waals surface area contributed by atoms with E-state index in [0.29, 0.717) is 85.6 Å². The summed E-state index contributed by atoms with van der Waals surface area (Å²) in [5.41, 5.74) is 7.31. The van der Waals surface area contributed by atoms with E-state index >= 15 is 0 Å². The lowest BCUT2D eigenvalue weighted by molar-refractivity contribution is 0.0928. The lowest BCUT2D eigenvalue weighted by Crippen LogP contribution is -2.33. The largest absolute Gasteiger partial charge is 0.421 e. The quantitative estimate of drug-likeness (QED) is 0.0296. The zero-order valence-electron chi connectivity index (χ0n) is 47.8. The van der Waals surface area contributed by atoms with Crippen LogP contribution in [0.15, 0.2) is 77.2 Å². The average molecular weight is 1030 g/mol. The average Bonchev–Trinajstić information content (AvgIpc) is 4.17. The Morgan fingerprint density at radius 3 is 1.23 bits per heavy atom. The first-order valence-electron chi connectivity index (χ1n) is 27.9. The summed E-state index contributed by atoms with van der Waals surface area (Å²) in [6.07, 6.45) is 18.0. The van der Waals surface area contributed by atoms with Crippen molar-refractivity contribution >= 4 is 29.4 Å². The number of nitrogen functional groups attached to an aromatic ring is 1. The van der Waals surface area contributed by atoms with Gasteiger partial charge in [0, 0.05) is 59.4 Å². The molecule has 13 heteroatoms. The van der Waals surface area contributed by atoms with Gasteiger partial charge >= 0.3 is 0 Å². The van der Waals surface area contributed by atoms with Crippen molar-refractivity contribution in [1.82, 2.24) is 31.6 Å². The van der Waals surface area contributed by atoms with Gasteiger partial charge in [0.1, 0.15) is 0 Å². The number of hydrogen-bond donors (Lipinski definition) is 5. The molecule has 7 rings (SSSR count). The van der Waals surface area contributed by atoms with Crippen molar-refractivity contribution in [3.05, 3.63) is 107 Å². The van der Waals surface area contributed by atoms with E-state index in [1.807, 2.05) is 24.3 Å². The van der Waals surface area contributed by atoms with Crippen LogP contribution in [0.4, 0.5) is 0 Å². The fourth-order valence-corrected chi connectivity index (χ4v) is 10.3.